The Labute approximate surface area is 202 Å². The molecule has 2 amide bonds. The summed E-state index contributed by atoms with van der Waals surface area (Å²) in [4.78, 5) is 47.7. The third-order valence-electron chi connectivity index (χ3n) is 6.83. The van der Waals surface area contributed by atoms with Gasteiger partial charge in [0.2, 0.25) is 5.91 Å². The van der Waals surface area contributed by atoms with Crippen LogP contribution in [0.2, 0.25) is 0 Å². The van der Waals surface area contributed by atoms with Crippen molar-refractivity contribution in [2.24, 2.45) is 0 Å². The Balaban J connectivity index is 1.10. The van der Waals surface area contributed by atoms with Crippen LogP contribution in [0.4, 0.5) is 11.4 Å². The van der Waals surface area contributed by atoms with Gasteiger partial charge in [-0.2, -0.15) is 0 Å². The number of nitro groups is 1. The number of hydrogen-bond acceptors (Lipinski definition) is 6. The Hall–Kier alpha value is -3.92. The number of aromatic amines is 1. The molecular weight excluding hydrogens is 448 g/mol. The van der Waals surface area contributed by atoms with E-state index in [4.69, 9.17) is 0 Å². The lowest BCUT2D eigenvalue weighted by Gasteiger charge is -2.38. The van der Waals surface area contributed by atoms with E-state index < -0.39 is 0 Å². The number of nitrogens with zero attached hydrogens (tertiary/aromatic N) is 5. The number of benzene rings is 2. The zero-order valence-electron chi connectivity index (χ0n) is 19.4. The zero-order valence-corrected chi connectivity index (χ0v) is 19.4. The quantitative estimate of drug-likeness (QED) is 0.447. The van der Waals surface area contributed by atoms with E-state index >= 15 is 0 Å². The zero-order chi connectivity index (χ0) is 24.4. The summed E-state index contributed by atoms with van der Waals surface area (Å²) in [6, 6.07) is 16.4. The molecule has 10 nitrogen and oxygen atoms in total. The van der Waals surface area contributed by atoms with Crippen LogP contribution in [0.15, 0.2) is 54.6 Å². The normalized spacial score (nSPS) is 17.1. The van der Waals surface area contributed by atoms with Crippen molar-refractivity contribution >= 4 is 34.1 Å². The predicted octanol–water partition coefficient (Wildman–Crippen LogP) is 2.18. The van der Waals surface area contributed by atoms with E-state index in [1.165, 1.54) is 6.07 Å². The van der Waals surface area contributed by atoms with E-state index in [1.54, 1.807) is 18.2 Å². The molecule has 0 radical (unpaired) electrons. The Kier molecular flexibility index (Phi) is 6.37. The molecule has 2 fully saturated rings. The van der Waals surface area contributed by atoms with Crippen molar-refractivity contribution in [1.29, 1.82) is 0 Å². The minimum Gasteiger partial charge on any atom is -0.362 e. The summed E-state index contributed by atoms with van der Waals surface area (Å²) in [6.07, 6.45) is 0. The maximum atomic E-state index is 12.9. The molecule has 3 aromatic rings. The van der Waals surface area contributed by atoms with E-state index in [9.17, 15) is 19.7 Å². The topological polar surface area (TPSA) is 106 Å². The molecule has 0 spiro atoms. The van der Waals surface area contributed by atoms with Crippen LogP contribution in [-0.4, -0.2) is 95.3 Å². The Morgan fingerprint density at radius 3 is 2.23 bits per heavy atom. The van der Waals surface area contributed by atoms with Gasteiger partial charge in [0.1, 0.15) is 11.4 Å². The summed E-state index contributed by atoms with van der Waals surface area (Å²) in [5, 5.41) is 12.3. The van der Waals surface area contributed by atoms with E-state index in [0.29, 0.717) is 70.3 Å². The smallest absolute Gasteiger partial charge is 0.292 e. The molecule has 0 saturated carbocycles. The van der Waals surface area contributed by atoms with Crippen LogP contribution in [-0.2, 0) is 4.79 Å². The number of nitrogens with one attached hydrogen (secondary N) is 1. The summed E-state index contributed by atoms with van der Waals surface area (Å²) in [6.45, 7) is 4.95. The van der Waals surface area contributed by atoms with Gasteiger partial charge in [0, 0.05) is 69.3 Å². The predicted molar refractivity (Wildman–Crippen MR) is 133 cm³/mol. The van der Waals surface area contributed by atoms with Gasteiger partial charge in [-0.1, -0.05) is 30.3 Å². The lowest BCUT2D eigenvalue weighted by molar-refractivity contribution is -0.384. The highest BCUT2D eigenvalue weighted by Gasteiger charge is 2.28. The Morgan fingerprint density at radius 1 is 0.857 bits per heavy atom. The van der Waals surface area contributed by atoms with Gasteiger partial charge >= 0.3 is 0 Å². The molecule has 1 N–H and O–H groups in total. The summed E-state index contributed by atoms with van der Waals surface area (Å²) in [7, 11) is 0. The number of carbonyl (C=O) groups is 2. The average molecular weight is 477 g/mol. The lowest BCUT2D eigenvalue weighted by Crippen LogP contribution is -2.54. The molecule has 0 bridgehead atoms. The molecule has 2 aromatic carbocycles. The molecule has 3 heterocycles. The lowest BCUT2D eigenvalue weighted by atomic mass is 10.2. The molecule has 2 saturated heterocycles. The minimum atomic E-state index is -0.366. The fourth-order valence-corrected chi connectivity index (χ4v) is 4.84. The van der Waals surface area contributed by atoms with Gasteiger partial charge in [-0.25, -0.2) is 0 Å². The van der Waals surface area contributed by atoms with Crippen LogP contribution < -0.4 is 4.90 Å². The van der Waals surface area contributed by atoms with Crippen LogP contribution >= 0.6 is 0 Å². The van der Waals surface area contributed by atoms with Crippen molar-refractivity contribution in [2.75, 3.05) is 63.8 Å². The number of nitro benzene ring substituents is 1. The van der Waals surface area contributed by atoms with Crippen LogP contribution in [0.5, 0.6) is 0 Å². The van der Waals surface area contributed by atoms with Crippen molar-refractivity contribution in [1.82, 2.24) is 19.7 Å². The molecule has 0 atom stereocenters. The van der Waals surface area contributed by atoms with Crippen molar-refractivity contribution in [3.63, 3.8) is 0 Å². The average Bonchev–Trinajstić information content (AvgIpc) is 3.33. The molecule has 35 heavy (non-hydrogen) atoms. The molecule has 2 aliphatic rings. The molecule has 0 aliphatic carbocycles. The third kappa shape index (κ3) is 4.83. The van der Waals surface area contributed by atoms with Gasteiger partial charge < -0.3 is 19.7 Å². The van der Waals surface area contributed by atoms with Crippen molar-refractivity contribution < 1.29 is 14.5 Å². The van der Waals surface area contributed by atoms with Crippen molar-refractivity contribution in [2.45, 2.75) is 0 Å². The van der Waals surface area contributed by atoms with Gasteiger partial charge in [-0.15, -0.1) is 0 Å². The molecule has 5 rings (SSSR count). The molecule has 2 aliphatic heterocycles. The SMILES string of the molecule is O=C(CN1CCN(C(=O)c2cc3ccccc3[nH]2)CC1)N1CCN(c2ccccc2[N+](=O)[O-])CC1. The van der Waals surface area contributed by atoms with Gasteiger partial charge in [0.05, 0.1) is 11.5 Å². The van der Waals surface area contributed by atoms with E-state index in [2.05, 4.69) is 9.88 Å². The highest BCUT2D eigenvalue weighted by molar-refractivity contribution is 5.98. The van der Waals surface area contributed by atoms with Gasteiger partial charge in [0.15, 0.2) is 0 Å². The first kappa shape index (κ1) is 22.9. The Bertz CT molecular complexity index is 1210. The molecular formula is C25H28N6O4. The number of aromatic nitrogens is 1. The van der Waals surface area contributed by atoms with Crippen LogP contribution in [0, 0.1) is 10.1 Å². The molecule has 182 valence electrons. The van der Waals surface area contributed by atoms with Gasteiger partial charge in [0.25, 0.3) is 11.6 Å². The number of hydrogen-bond donors (Lipinski definition) is 1. The van der Waals surface area contributed by atoms with E-state index in [-0.39, 0.29) is 22.4 Å². The molecule has 10 heteroatoms. The Morgan fingerprint density at radius 2 is 1.51 bits per heavy atom. The van der Waals surface area contributed by atoms with Gasteiger partial charge in [-0.05, 0) is 18.2 Å². The highest BCUT2D eigenvalue weighted by Crippen LogP contribution is 2.28. The summed E-state index contributed by atoms with van der Waals surface area (Å²) < 4.78 is 0. The fourth-order valence-electron chi connectivity index (χ4n) is 4.84. The van der Waals surface area contributed by atoms with Crippen molar-refractivity contribution in [3.05, 3.63) is 70.4 Å². The molecule has 1 aromatic heterocycles. The monoisotopic (exact) mass is 476 g/mol. The summed E-state index contributed by atoms with van der Waals surface area (Å²) in [5.74, 6) is 0.0425. The summed E-state index contributed by atoms with van der Waals surface area (Å²) >= 11 is 0. The second kappa shape index (κ2) is 9.75. The maximum Gasteiger partial charge on any atom is 0.292 e. The second-order valence-electron chi connectivity index (χ2n) is 8.95. The number of fused-ring (bicyclic) bond motifs is 1. The number of amides is 2. The number of H-pyrrole nitrogens is 1. The summed E-state index contributed by atoms with van der Waals surface area (Å²) in [5.41, 5.74) is 2.22. The number of anilines is 1. The third-order valence-corrected chi connectivity index (χ3v) is 6.83. The number of rotatable bonds is 5. The van der Waals surface area contributed by atoms with Crippen LogP contribution in [0.25, 0.3) is 10.9 Å². The first-order valence-electron chi connectivity index (χ1n) is 11.8. The standard InChI is InChI=1S/C25H28N6O4/c32-24(29-15-13-28(14-16-29)22-7-3-4-8-23(22)31(34)35)18-27-9-11-30(12-10-27)25(33)21-17-19-5-1-2-6-20(19)26-21/h1-8,17,26H,9-16,18H2. The largest absolute Gasteiger partial charge is 0.362 e. The minimum absolute atomic E-state index is 0.0155. The van der Waals surface area contributed by atoms with E-state index in [0.717, 1.165) is 10.9 Å². The highest BCUT2D eigenvalue weighted by atomic mass is 16.6. The van der Waals surface area contributed by atoms with Crippen LogP contribution in [0.1, 0.15) is 10.5 Å². The first-order valence-corrected chi connectivity index (χ1v) is 11.8. The number of piperazine rings is 2. The van der Waals surface area contributed by atoms with Crippen molar-refractivity contribution in [3.8, 4) is 0 Å². The maximum absolute atomic E-state index is 12.9. The fraction of sp³-hybridized carbons (Fsp3) is 0.360. The first-order chi connectivity index (χ1) is 17.0. The molecule has 0 unspecified atom stereocenters. The van der Waals surface area contributed by atoms with Crippen LogP contribution in [0.3, 0.4) is 0 Å². The van der Waals surface area contributed by atoms with E-state index in [1.807, 2.05) is 45.0 Å². The second-order valence-corrected chi connectivity index (χ2v) is 8.95. The van der Waals surface area contributed by atoms with Gasteiger partial charge in [-0.3, -0.25) is 24.6 Å². The number of para-hydroxylation sites is 3. The number of carbonyl (C=O) groups excluding carboxylic acids is 2.